The lowest BCUT2D eigenvalue weighted by atomic mass is 9.91. The number of nitrogens with zero attached hydrogens (tertiary/aromatic N) is 2. The molecular weight excluding hydrogens is 418 g/mol. The summed E-state index contributed by atoms with van der Waals surface area (Å²) in [4.78, 5) is 19.2. The van der Waals surface area contributed by atoms with Gasteiger partial charge >= 0.3 is 0 Å². The number of aromatic nitrogens is 1. The SMILES string of the molecule is Br.Cc1ccc2c(n1)C(=N)N(CC(=O)c1cc(C)c(O)c(C3CCCC3)c1)C2. The molecule has 0 atom stereocenters. The fourth-order valence-corrected chi connectivity index (χ4v) is 4.27. The predicted octanol–water partition coefficient (Wildman–Crippen LogP) is 4.66. The van der Waals surface area contributed by atoms with Crippen LogP contribution in [0.4, 0.5) is 0 Å². The number of pyridine rings is 1. The highest BCUT2D eigenvalue weighted by molar-refractivity contribution is 8.93. The zero-order valence-corrected chi connectivity index (χ0v) is 18.0. The van der Waals surface area contributed by atoms with Gasteiger partial charge in [0.2, 0.25) is 0 Å². The van der Waals surface area contributed by atoms with Crippen LogP contribution in [0, 0.1) is 19.3 Å². The smallest absolute Gasteiger partial charge is 0.182 e. The van der Waals surface area contributed by atoms with Gasteiger partial charge in [0.05, 0.1) is 6.54 Å². The fraction of sp³-hybridized carbons (Fsp3) is 0.409. The first kappa shape index (κ1) is 20.5. The second kappa shape index (κ2) is 8.03. The van der Waals surface area contributed by atoms with E-state index in [-0.39, 0.29) is 29.3 Å². The molecule has 1 aromatic carbocycles. The normalized spacial score (nSPS) is 16.2. The molecule has 2 heterocycles. The highest BCUT2D eigenvalue weighted by Gasteiger charge is 2.28. The van der Waals surface area contributed by atoms with Crippen molar-refractivity contribution in [2.24, 2.45) is 0 Å². The number of ketones is 1. The summed E-state index contributed by atoms with van der Waals surface area (Å²) in [7, 11) is 0. The van der Waals surface area contributed by atoms with Crippen LogP contribution in [0.25, 0.3) is 0 Å². The highest BCUT2D eigenvalue weighted by atomic mass is 79.9. The molecule has 1 aromatic heterocycles. The molecule has 4 rings (SSSR count). The molecule has 2 aromatic rings. The second-order valence-corrected chi connectivity index (χ2v) is 7.80. The summed E-state index contributed by atoms with van der Waals surface area (Å²) in [5.41, 5.74) is 4.83. The van der Waals surface area contributed by atoms with E-state index in [1.807, 2.05) is 32.0 Å². The number of aryl methyl sites for hydroxylation is 2. The number of nitrogens with one attached hydrogen (secondary N) is 1. The molecule has 1 saturated carbocycles. The van der Waals surface area contributed by atoms with E-state index in [1.54, 1.807) is 11.0 Å². The number of amidine groups is 1. The monoisotopic (exact) mass is 443 g/mol. The van der Waals surface area contributed by atoms with Gasteiger partial charge in [-0.1, -0.05) is 18.9 Å². The Balaban J connectivity index is 0.00000225. The number of phenolic OH excluding ortho intramolecular Hbond substituents is 1. The second-order valence-electron chi connectivity index (χ2n) is 7.80. The molecule has 28 heavy (non-hydrogen) atoms. The van der Waals surface area contributed by atoms with E-state index in [2.05, 4.69) is 4.98 Å². The minimum absolute atomic E-state index is 0. The summed E-state index contributed by atoms with van der Waals surface area (Å²) in [6.45, 7) is 4.46. The highest BCUT2D eigenvalue weighted by Crippen LogP contribution is 2.40. The van der Waals surface area contributed by atoms with E-state index >= 15 is 0 Å². The van der Waals surface area contributed by atoms with Crippen LogP contribution in [-0.2, 0) is 6.54 Å². The molecule has 6 heteroatoms. The number of hydrogen-bond donors (Lipinski definition) is 2. The summed E-state index contributed by atoms with van der Waals surface area (Å²) in [6.07, 6.45) is 4.50. The van der Waals surface area contributed by atoms with Crippen LogP contribution in [0.3, 0.4) is 0 Å². The standard InChI is InChI=1S/C22H25N3O2.BrH/c1-13-9-17(10-18(21(13)27)15-5-3-4-6-15)19(26)12-25-11-16-8-7-14(2)24-20(16)22(25)23;/h7-10,15,23,27H,3-6,11-12H2,1-2H3;1H. The average molecular weight is 444 g/mol. The van der Waals surface area contributed by atoms with Gasteiger partial charge in [0, 0.05) is 23.4 Å². The number of aromatic hydroxyl groups is 1. The van der Waals surface area contributed by atoms with Crippen molar-refractivity contribution in [2.45, 2.75) is 52.0 Å². The Kier molecular flexibility index (Phi) is 5.89. The van der Waals surface area contributed by atoms with Crippen molar-refractivity contribution in [1.82, 2.24) is 9.88 Å². The molecule has 148 valence electrons. The van der Waals surface area contributed by atoms with Crippen LogP contribution in [0.1, 0.15) is 70.0 Å². The number of Topliss-reactive ketones (excluding diaryl/α,β-unsaturated/α-hetero) is 1. The van der Waals surface area contributed by atoms with Crippen molar-refractivity contribution in [3.63, 3.8) is 0 Å². The zero-order valence-electron chi connectivity index (χ0n) is 16.3. The Hall–Kier alpha value is -2.21. The molecule has 0 saturated heterocycles. The summed E-state index contributed by atoms with van der Waals surface area (Å²) in [5, 5.41) is 18.8. The maximum absolute atomic E-state index is 13.0. The summed E-state index contributed by atoms with van der Waals surface area (Å²) < 4.78 is 0. The van der Waals surface area contributed by atoms with Crippen LogP contribution >= 0.6 is 17.0 Å². The average Bonchev–Trinajstić information content (AvgIpc) is 3.27. The Labute approximate surface area is 176 Å². The Morgan fingerprint density at radius 3 is 2.68 bits per heavy atom. The van der Waals surface area contributed by atoms with Crippen LogP contribution in [0.2, 0.25) is 0 Å². The number of halogens is 1. The Morgan fingerprint density at radius 2 is 1.96 bits per heavy atom. The van der Waals surface area contributed by atoms with E-state index in [0.29, 0.717) is 35.3 Å². The minimum Gasteiger partial charge on any atom is -0.507 e. The third kappa shape index (κ3) is 3.70. The van der Waals surface area contributed by atoms with Crippen molar-refractivity contribution >= 4 is 28.6 Å². The lowest BCUT2D eigenvalue weighted by molar-refractivity contribution is 0.0962. The summed E-state index contributed by atoms with van der Waals surface area (Å²) >= 11 is 0. The molecule has 0 unspecified atom stereocenters. The zero-order chi connectivity index (χ0) is 19.1. The lowest BCUT2D eigenvalue weighted by Crippen LogP contribution is -2.30. The first-order valence-electron chi connectivity index (χ1n) is 9.61. The molecule has 2 aliphatic rings. The Morgan fingerprint density at radius 1 is 1.25 bits per heavy atom. The molecular formula is C22H26BrN3O2. The van der Waals surface area contributed by atoms with E-state index < -0.39 is 0 Å². The number of fused-ring (bicyclic) bond motifs is 1. The molecule has 1 aliphatic heterocycles. The van der Waals surface area contributed by atoms with Crippen LogP contribution in [-0.4, -0.2) is 33.2 Å². The third-order valence-electron chi connectivity index (χ3n) is 5.80. The van der Waals surface area contributed by atoms with E-state index in [9.17, 15) is 9.90 Å². The van der Waals surface area contributed by atoms with Crippen LogP contribution in [0.15, 0.2) is 24.3 Å². The minimum atomic E-state index is -0.0216. The predicted molar refractivity (Wildman–Crippen MR) is 115 cm³/mol. The van der Waals surface area contributed by atoms with Crippen LogP contribution in [0.5, 0.6) is 5.75 Å². The number of phenols is 1. The summed E-state index contributed by atoms with van der Waals surface area (Å²) in [5.74, 6) is 0.970. The van der Waals surface area contributed by atoms with Gasteiger partial charge in [-0.25, -0.2) is 4.98 Å². The third-order valence-corrected chi connectivity index (χ3v) is 5.80. The molecule has 0 amide bonds. The van der Waals surface area contributed by atoms with E-state index in [0.717, 1.165) is 35.2 Å². The largest absolute Gasteiger partial charge is 0.507 e. The van der Waals surface area contributed by atoms with Gasteiger partial charge in [0.25, 0.3) is 0 Å². The van der Waals surface area contributed by atoms with Crippen molar-refractivity contribution in [1.29, 1.82) is 5.41 Å². The molecule has 0 radical (unpaired) electrons. The molecule has 0 bridgehead atoms. The summed E-state index contributed by atoms with van der Waals surface area (Å²) in [6, 6.07) is 7.56. The van der Waals surface area contributed by atoms with Crippen molar-refractivity contribution in [3.05, 3.63) is 57.9 Å². The van der Waals surface area contributed by atoms with Gasteiger partial charge in [0.1, 0.15) is 17.3 Å². The van der Waals surface area contributed by atoms with Crippen molar-refractivity contribution in [2.75, 3.05) is 6.54 Å². The lowest BCUT2D eigenvalue weighted by Gasteiger charge is -2.19. The maximum Gasteiger partial charge on any atom is 0.182 e. The Bertz CT molecular complexity index is 936. The fourth-order valence-electron chi connectivity index (χ4n) is 4.27. The molecule has 5 nitrogen and oxygen atoms in total. The molecule has 2 N–H and O–H groups in total. The van der Waals surface area contributed by atoms with Crippen LogP contribution < -0.4 is 0 Å². The first-order chi connectivity index (χ1) is 12.9. The number of rotatable bonds is 4. The van der Waals surface area contributed by atoms with E-state index in [4.69, 9.17) is 5.41 Å². The molecule has 0 spiro atoms. The van der Waals surface area contributed by atoms with Crippen molar-refractivity contribution < 1.29 is 9.90 Å². The van der Waals surface area contributed by atoms with Gasteiger partial charge in [0.15, 0.2) is 5.78 Å². The number of hydrogen-bond acceptors (Lipinski definition) is 4. The van der Waals surface area contributed by atoms with Gasteiger partial charge in [-0.3, -0.25) is 10.2 Å². The number of carbonyl (C=O) groups excluding carboxylic acids is 1. The molecule has 1 aliphatic carbocycles. The topological polar surface area (TPSA) is 77.3 Å². The van der Waals surface area contributed by atoms with E-state index in [1.165, 1.54) is 12.8 Å². The van der Waals surface area contributed by atoms with Gasteiger partial charge in [-0.2, -0.15) is 0 Å². The van der Waals surface area contributed by atoms with Gasteiger partial charge in [-0.05, 0) is 61.9 Å². The van der Waals surface area contributed by atoms with Crippen molar-refractivity contribution in [3.8, 4) is 5.75 Å². The van der Waals surface area contributed by atoms with Gasteiger partial charge < -0.3 is 10.0 Å². The number of carbonyl (C=O) groups is 1. The van der Waals surface area contributed by atoms with Gasteiger partial charge in [-0.15, -0.1) is 17.0 Å². The quantitative estimate of drug-likeness (QED) is 0.673. The molecule has 1 fully saturated rings. The first-order valence-corrected chi connectivity index (χ1v) is 9.61. The maximum atomic E-state index is 13.0. The number of benzene rings is 1.